The number of hydrogen-bond acceptors (Lipinski definition) is 3. The highest BCUT2D eigenvalue weighted by molar-refractivity contribution is 7.99. The van der Waals surface area contributed by atoms with Gasteiger partial charge in [0, 0.05) is 11.8 Å². The minimum absolute atomic E-state index is 0.0214. The molecule has 3 rings (SSSR count). The SMILES string of the molecule is CCn1c(SC(C)c2ccc(F)cc2)nc2ccccc2c1=O. The van der Waals surface area contributed by atoms with Gasteiger partial charge in [-0.05, 0) is 43.7 Å². The van der Waals surface area contributed by atoms with E-state index in [1.807, 2.05) is 32.0 Å². The standard InChI is InChI=1S/C18H17FN2OS/c1-3-21-17(22)15-6-4-5-7-16(15)20-18(21)23-12(2)13-8-10-14(19)11-9-13/h4-12H,3H2,1-2H3. The minimum Gasteiger partial charge on any atom is -0.287 e. The molecule has 23 heavy (non-hydrogen) atoms. The predicted molar refractivity (Wildman–Crippen MR) is 92.3 cm³/mol. The maximum absolute atomic E-state index is 13.1. The third-order valence-electron chi connectivity index (χ3n) is 3.76. The average Bonchev–Trinajstić information content (AvgIpc) is 2.56. The molecular weight excluding hydrogens is 311 g/mol. The van der Waals surface area contributed by atoms with Crippen LogP contribution in [0.2, 0.25) is 0 Å². The second-order valence-corrected chi connectivity index (χ2v) is 6.58. The number of rotatable bonds is 4. The smallest absolute Gasteiger partial charge is 0.262 e. The van der Waals surface area contributed by atoms with Gasteiger partial charge in [-0.25, -0.2) is 9.37 Å². The van der Waals surface area contributed by atoms with Gasteiger partial charge in [0.05, 0.1) is 10.9 Å². The van der Waals surface area contributed by atoms with Crippen molar-refractivity contribution in [1.29, 1.82) is 0 Å². The van der Waals surface area contributed by atoms with Crippen molar-refractivity contribution >= 4 is 22.7 Å². The summed E-state index contributed by atoms with van der Waals surface area (Å²) in [7, 11) is 0. The molecule has 0 fully saturated rings. The van der Waals surface area contributed by atoms with E-state index in [9.17, 15) is 9.18 Å². The molecular formula is C18H17FN2OS. The Hall–Kier alpha value is -2.14. The van der Waals surface area contributed by atoms with Crippen molar-refractivity contribution in [3.05, 3.63) is 70.3 Å². The van der Waals surface area contributed by atoms with Crippen LogP contribution in [0.5, 0.6) is 0 Å². The summed E-state index contributed by atoms with van der Waals surface area (Å²) in [5.74, 6) is -0.250. The van der Waals surface area contributed by atoms with E-state index in [1.54, 1.807) is 22.8 Å². The van der Waals surface area contributed by atoms with Crippen LogP contribution < -0.4 is 5.56 Å². The fraction of sp³-hybridized carbons (Fsp3) is 0.222. The Morgan fingerprint density at radius 3 is 2.57 bits per heavy atom. The summed E-state index contributed by atoms with van der Waals surface area (Å²) in [5.41, 5.74) is 1.68. The maximum Gasteiger partial charge on any atom is 0.262 e. The first-order valence-corrected chi connectivity index (χ1v) is 8.40. The van der Waals surface area contributed by atoms with Crippen LogP contribution in [-0.4, -0.2) is 9.55 Å². The van der Waals surface area contributed by atoms with Crippen LogP contribution >= 0.6 is 11.8 Å². The van der Waals surface area contributed by atoms with Crippen LogP contribution in [0, 0.1) is 5.82 Å². The fourth-order valence-corrected chi connectivity index (χ4v) is 3.58. The van der Waals surface area contributed by atoms with E-state index < -0.39 is 0 Å². The van der Waals surface area contributed by atoms with Gasteiger partial charge < -0.3 is 0 Å². The van der Waals surface area contributed by atoms with Gasteiger partial charge in [0.25, 0.3) is 5.56 Å². The lowest BCUT2D eigenvalue weighted by Gasteiger charge is -2.15. The predicted octanol–water partition coefficient (Wildman–Crippen LogP) is 4.41. The Labute approximate surface area is 138 Å². The summed E-state index contributed by atoms with van der Waals surface area (Å²) in [5, 5.41) is 1.39. The van der Waals surface area contributed by atoms with Gasteiger partial charge in [0.2, 0.25) is 0 Å². The Morgan fingerprint density at radius 1 is 1.17 bits per heavy atom. The van der Waals surface area contributed by atoms with E-state index in [1.165, 1.54) is 23.9 Å². The number of hydrogen-bond donors (Lipinski definition) is 0. The van der Waals surface area contributed by atoms with Crippen molar-refractivity contribution in [3.8, 4) is 0 Å². The summed E-state index contributed by atoms with van der Waals surface area (Å²) in [6.45, 7) is 4.53. The van der Waals surface area contributed by atoms with Crippen LogP contribution in [0.1, 0.15) is 24.7 Å². The number of para-hydroxylation sites is 1. The Kier molecular flexibility index (Phi) is 4.48. The molecule has 0 bridgehead atoms. The molecule has 5 heteroatoms. The maximum atomic E-state index is 13.1. The molecule has 1 unspecified atom stereocenters. The number of fused-ring (bicyclic) bond motifs is 1. The van der Waals surface area contributed by atoms with Crippen molar-refractivity contribution in [3.63, 3.8) is 0 Å². The molecule has 1 heterocycles. The normalized spacial score (nSPS) is 12.5. The Balaban J connectivity index is 2.02. The first kappa shape index (κ1) is 15.7. The van der Waals surface area contributed by atoms with Gasteiger partial charge in [0.1, 0.15) is 5.82 Å². The second kappa shape index (κ2) is 6.54. The molecule has 0 N–H and O–H groups in total. The molecule has 0 saturated carbocycles. The van der Waals surface area contributed by atoms with E-state index in [2.05, 4.69) is 4.98 Å². The third kappa shape index (κ3) is 3.15. The lowest BCUT2D eigenvalue weighted by Crippen LogP contribution is -2.22. The number of nitrogens with zero attached hydrogens (tertiary/aromatic N) is 2. The zero-order chi connectivity index (χ0) is 16.4. The molecule has 3 nitrogen and oxygen atoms in total. The lowest BCUT2D eigenvalue weighted by molar-refractivity contribution is 0.626. The van der Waals surface area contributed by atoms with Gasteiger partial charge in [0.15, 0.2) is 5.16 Å². The average molecular weight is 328 g/mol. The molecule has 0 aliphatic carbocycles. The molecule has 0 radical (unpaired) electrons. The highest BCUT2D eigenvalue weighted by Crippen LogP contribution is 2.33. The van der Waals surface area contributed by atoms with Crippen molar-refractivity contribution < 1.29 is 4.39 Å². The van der Waals surface area contributed by atoms with Crippen molar-refractivity contribution in [2.24, 2.45) is 0 Å². The lowest BCUT2D eigenvalue weighted by atomic mass is 10.2. The third-order valence-corrected chi connectivity index (χ3v) is 4.91. The largest absolute Gasteiger partial charge is 0.287 e. The summed E-state index contributed by atoms with van der Waals surface area (Å²) in [6.07, 6.45) is 0. The van der Waals surface area contributed by atoms with Crippen LogP contribution in [0.25, 0.3) is 10.9 Å². The number of benzene rings is 2. The quantitative estimate of drug-likeness (QED) is 0.526. The first-order valence-electron chi connectivity index (χ1n) is 7.52. The first-order chi connectivity index (χ1) is 11.1. The molecule has 0 amide bonds. The number of thioether (sulfide) groups is 1. The van der Waals surface area contributed by atoms with Gasteiger partial charge in [-0.3, -0.25) is 9.36 Å². The summed E-state index contributed by atoms with van der Waals surface area (Å²) in [4.78, 5) is 17.2. The molecule has 1 aromatic heterocycles. The highest BCUT2D eigenvalue weighted by atomic mass is 32.2. The van der Waals surface area contributed by atoms with Crippen molar-refractivity contribution in [2.75, 3.05) is 0 Å². The monoisotopic (exact) mass is 328 g/mol. The zero-order valence-corrected chi connectivity index (χ0v) is 13.8. The Bertz CT molecular complexity index is 890. The van der Waals surface area contributed by atoms with Crippen LogP contribution in [0.4, 0.5) is 4.39 Å². The minimum atomic E-state index is -0.250. The van der Waals surface area contributed by atoms with Gasteiger partial charge in [-0.1, -0.05) is 36.0 Å². The molecule has 1 atom stereocenters. The molecule has 2 aromatic carbocycles. The highest BCUT2D eigenvalue weighted by Gasteiger charge is 2.14. The van der Waals surface area contributed by atoms with Crippen molar-refractivity contribution in [2.45, 2.75) is 30.8 Å². The summed E-state index contributed by atoms with van der Waals surface area (Å²) in [6, 6.07) is 13.8. The van der Waals surface area contributed by atoms with Gasteiger partial charge in [-0.15, -0.1) is 0 Å². The Morgan fingerprint density at radius 2 is 1.87 bits per heavy atom. The summed E-state index contributed by atoms with van der Waals surface area (Å²) < 4.78 is 14.7. The van der Waals surface area contributed by atoms with E-state index in [4.69, 9.17) is 0 Å². The van der Waals surface area contributed by atoms with E-state index in [0.717, 1.165) is 5.56 Å². The topological polar surface area (TPSA) is 34.9 Å². The van der Waals surface area contributed by atoms with E-state index >= 15 is 0 Å². The van der Waals surface area contributed by atoms with E-state index in [-0.39, 0.29) is 16.6 Å². The van der Waals surface area contributed by atoms with Crippen LogP contribution in [-0.2, 0) is 6.54 Å². The van der Waals surface area contributed by atoms with E-state index in [0.29, 0.717) is 22.6 Å². The fourth-order valence-electron chi connectivity index (χ4n) is 2.48. The summed E-state index contributed by atoms with van der Waals surface area (Å²) >= 11 is 1.51. The van der Waals surface area contributed by atoms with Gasteiger partial charge >= 0.3 is 0 Å². The second-order valence-electron chi connectivity index (χ2n) is 5.27. The zero-order valence-electron chi connectivity index (χ0n) is 13.0. The molecule has 118 valence electrons. The van der Waals surface area contributed by atoms with Gasteiger partial charge in [-0.2, -0.15) is 0 Å². The molecule has 0 saturated heterocycles. The molecule has 0 aliphatic heterocycles. The number of aromatic nitrogens is 2. The molecule has 0 aliphatic rings. The van der Waals surface area contributed by atoms with Crippen LogP contribution in [0.3, 0.4) is 0 Å². The molecule has 3 aromatic rings. The molecule has 0 spiro atoms. The number of halogens is 1. The van der Waals surface area contributed by atoms with Crippen molar-refractivity contribution in [1.82, 2.24) is 9.55 Å². The van der Waals surface area contributed by atoms with Crippen LogP contribution in [0.15, 0.2) is 58.5 Å².